The van der Waals surface area contributed by atoms with Crippen molar-refractivity contribution >= 4 is 34.0 Å². The maximum atomic E-state index is 12.5. The molecule has 3 aromatic heterocycles. The molecule has 7 nitrogen and oxygen atoms in total. The van der Waals surface area contributed by atoms with Crippen LogP contribution in [-0.2, 0) is 18.7 Å². The molecule has 0 saturated heterocycles. The van der Waals surface area contributed by atoms with E-state index in [4.69, 9.17) is 4.42 Å². The van der Waals surface area contributed by atoms with E-state index in [-0.39, 0.29) is 11.4 Å². The van der Waals surface area contributed by atoms with Crippen molar-refractivity contribution < 1.29 is 4.42 Å². The highest BCUT2D eigenvalue weighted by atomic mass is 32.2. The van der Waals surface area contributed by atoms with Gasteiger partial charge in [-0.2, -0.15) is 4.68 Å². The van der Waals surface area contributed by atoms with Gasteiger partial charge in [0.25, 0.3) is 16.7 Å². The van der Waals surface area contributed by atoms with E-state index < -0.39 is 0 Å². The fourth-order valence-corrected chi connectivity index (χ4v) is 5.17. The molecule has 0 fully saturated rings. The van der Waals surface area contributed by atoms with E-state index >= 15 is 0 Å². The van der Waals surface area contributed by atoms with E-state index in [1.54, 1.807) is 23.5 Å². The predicted octanol–water partition coefficient (Wildman–Crippen LogP) is 3.78. The third kappa shape index (κ3) is 3.24. The molecule has 4 aromatic rings. The van der Waals surface area contributed by atoms with Crippen molar-refractivity contribution in [1.82, 2.24) is 25.2 Å². The summed E-state index contributed by atoms with van der Waals surface area (Å²) in [6.07, 6.45) is 3.48. The lowest BCUT2D eigenvalue weighted by atomic mass is 9.90. The van der Waals surface area contributed by atoms with Crippen molar-refractivity contribution in [3.05, 3.63) is 51.1 Å². The number of hydrogen-bond acceptors (Lipinski definition) is 8. The number of aryl methyl sites for hydroxylation is 1. The Morgan fingerprint density at radius 3 is 3.11 bits per heavy atom. The van der Waals surface area contributed by atoms with Crippen LogP contribution in [0.25, 0.3) is 21.7 Å². The maximum absolute atomic E-state index is 12.5. The number of aromatic nitrogens is 5. The second-order valence-electron chi connectivity index (χ2n) is 6.96. The number of fused-ring (bicyclic) bond motifs is 2. The van der Waals surface area contributed by atoms with Gasteiger partial charge in [0.2, 0.25) is 0 Å². The lowest BCUT2D eigenvalue weighted by Gasteiger charge is -2.16. The normalized spacial score (nSPS) is 16.4. The molecule has 28 heavy (non-hydrogen) atoms. The molecule has 0 radical (unpaired) electrons. The summed E-state index contributed by atoms with van der Waals surface area (Å²) >= 11 is 3.01. The zero-order valence-corrected chi connectivity index (χ0v) is 16.8. The summed E-state index contributed by atoms with van der Waals surface area (Å²) in [5.74, 6) is 1.52. The lowest BCUT2D eigenvalue weighted by Crippen LogP contribution is -2.23. The summed E-state index contributed by atoms with van der Waals surface area (Å²) in [6.45, 7) is 2.29. The van der Waals surface area contributed by atoms with Crippen LogP contribution in [0.5, 0.6) is 0 Å². The van der Waals surface area contributed by atoms with Gasteiger partial charge >= 0.3 is 0 Å². The summed E-state index contributed by atoms with van der Waals surface area (Å²) in [6, 6.07) is 9.34. The lowest BCUT2D eigenvalue weighted by molar-refractivity contribution is 0.464. The highest BCUT2D eigenvalue weighted by molar-refractivity contribution is 7.98. The summed E-state index contributed by atoms with van der Waals surface area (Å²) in [5, 5.41) is 17.3. The number of thiophene rings is 1. The number of nitrogens with zero attached hydrogens (tertiary/aromatic N) is 5. The SMILES string of the molecule is CC1CCc2sc(-c3nnc(SCn4nnc5ccccc5c4=O)o3)cc2C1. The third-order valence-corrected chi connectivity index (χ3v) is 6.90. The van der Waals surface area contributed by atoms with Crippen molar-refractivity contribution in [2.24, 2.45) is 5.92 Å². The van der Waals surface area contributed by atoms with Gasteiger partial charge in [-0.25, -0.2) is 0 Å². The Kier molecular flexibility index (Phi) is 4.48. The molecule has 1 unspecified atom stereocenters. The van der Waals surface area contributed by atoms with Crippen molar-refractivity contribution in [3.8, 4) is 10.8 Å². The van der Waals surface area contributed by atoms with Crippen molar-refractivity contribution in [1.29, 1.82) is 0 Å². The Hall–Kier alpha value is -2.52. The summed E-state index contributed by atoms with van der Waals surface area (Å²) < 4.78 is 7.12. The molecular formula is C19H17N5O2S2. The zero-order valence-electron chi connectivity index (χ0n) is 15.2. The molecule has 0 bridgehead atoms. The van der Waals surface area contributed by atoms with Crippen LogP contribution in [0.3, 0.4) is 0 Å². The van der Waals surface area contributed by atoms with Crippen LogP contribution in [0, 0.1) is 5.92 Å². The van der Waals surface area contributed by atoms with Gasteiger partial charge in [-0.1, -0.05) is 24.3 Å². The fourth-order valence-electron chi connectivity index (χ4n) is 3.40. The van der Waals surface area contributed by atoms with Crippen LogP contribution in [0.4, 0.5) is 0 Å². The molecule has 0 N–H and O–H groups in total. The number of hydrogen-bond donors (Lipinski definition) is 0. The highest BCUT2D eigenvalue weighted by Gasteiger charge is 2.21. The van der Waals surface area contributed by atoms with Crippen LogP contribution >= 0.6 is 23.1 Å². The van der Waals surface area contributed by atoms with Gasteiger partial charge in [-0.05, 0) is 60.7 Å². The first kappa shape index (κ1) is 17.6. The van der Waals surface area contributed by atoms with Gasteiger partial charge < -0.3 is 4.42 Å². The molecule has 0 saturated carbocycles. The minimum absolute atomic E-state index is 0.183. The average Bonchev–Trinajstić information content (AvgIpc) is 3.34. The molecule has 5 rings (SSSR count). The Morgan fingerprint density at radius 2 is 2.18 bits per heavy atom. The van der Waals surface area contributed by atoms with Gasteiger partial charge in [0.15, 0.2) is 0 Å². The van der Waals surface area contributed by atoms with E-state index in [1.807, 2.05) is 12.1 Å². The summed E-state index contributed by atoms with van der Waals surface area (Å²) in [7, 11) is 0. The van der Waals surface area contributed by atoms with Crippen molar-refractivity contribution in [3.63, 3.8) is 0 Å². The topological polar surface area (TPSA) is 86.7 Å². The number of thioether (sulfide) groups is 1. The standard InChI is InChI=1S/C19H17N5O2S2/c1-11-6-7-15-12(8-11)9-16(28-15)17-21-22-19(26-17)27-10-24-18(25)13-4-2-3-5-14(13)20-23-24/h2-5,9,11H,6-8,10H2,1H3. The Morgan fingerprint density at radius 1 is 1.29 bits per heavy atom. The molecule has 0 aliphatic heterocycles. The summed E-state index contributed by atoms with van der Waals surface area (Å²) in [5.41, 5.74) is 1.81. The number of rotatable bonds is 4. The van der Waals surface area contributed by atoms with Gasteiger partial charge in [0.1, 0.15) is 11.4 Å². The first-order valence-electron chi connectivity index (χ1n) is 9.08. The maximum Gasteiger partial charge on any atom is 0.278 e. The first-order valence-corrected chi connectivity index (χ1v) is 10.9. The Labute approximate surface area is 168 Å². The second kappa shape index (κ2) is 7.14. The molecule has 142 valence electrons. The van der Waals surface area contributed by atoms with Crippen molar-refractivity contribution in [2.45, 2.75) is 37.3 Å². The first-order chi connectivity index (χ1) is 13.7. The fraction of sp³-hybridized carbons (Fsp3) is 0.316. The molecule has 1 aromatic carbocycles. The molecule has 1 aliphatic rings. The molecule has 1 aliphatic carbocycles. The predicted molar refractivity (Wildman–Crippen MR) is 108 cm³/mol. The minimum atomic E-state index is -0.183. The smallest absolute Gasteiger partial charge is 0.278 e. The van der Waals surface area contributed by atoms with E-state index in [1.165, 1.54) is 33.3 Å². The highest BCUT2D eigenvalue weighted by Crippen LogP contribution is 2.37. The largest absolute Gasteiger partial charge is 0.410 e. The van der Waals surface area contributed by atoms with E-state index in [0.717, 1.165) is 23.6 Å². The van der Waals surface area contributed by atoms with Crippen LogP contribution in [0.1, 0.15) is 23.8 Å². The monoisotopic (exact) mass is 411 g/mol. The molecule has 0 spiro atoms. The Balaban J connectivity index is 1.34. The summed E-state index contributed by atoms with van der Waals surface area (Å²) in [4.78, 5) is 14.9. The van der Waals surface area contributed by atoms with Gasteiger partial charge in [-0.15, -0.1) is 26.6 Å². The van der Waals surface area contributed by atoms with E-state index in [0.29, 0.717) is 22.0 Å². The number of benzene rings is 1. The van der Waals surface area contributed by atoms with Crippen LogP contribution in [0.15, 0.2) is 44.8 Å². The van der Waals surface area contributed by atoms with Gasteiger partial charge in [0, 0.05) is 4.88 Å². The quantitative estimate of drug-likeness (QED) is 0.472. The van der Waals surface area contributed by atoms with E-state index in [2.05, 4.69) is 33.5 Å². The molecule has 0 amide bonds. The molecule has 9 heteroatoms. The average molecular weight is 412 g/mol. The molecule has 3 heterocycles. The Bertz CT molecular complexity index is 1210. The third-order valence-electron chi connectivity index (χ3n) is 4.89. The minimum Gasteiger partial charge on any atom is -0.410 e. The van der Waals surface area contributed by atoms with Crippen molar-refractivity contribution in [2.75, 3.05) is 0 Å². The van der Waals surface area contributed by atoms with E-state index in [9.17, 15) is 4.79 Å². The van der Waals surface area contributed by atoms with Crippen LogP contribution in [-0.4, -0.2) is 25.2 Å². The van der Waals surface area contributed by atoms with Crippen LogP contribution < -0.4 is 5.56 Å². The zero-order chi connectivity index (χ0) is 19.1. The van der Waals surface area contributed by atoms with Gasteiger partial charge in [0.05, 0.1) is 10.3 Å². The van der Waals surface area contributed by atoms with Gasteiger partial charge in [-0.3, -0.25) is 4.79 Å². The van der Waals surface area contributed by atoms with Crippen LogP contribution in [0.2, 0.25) is 0 Å². The molecule has 1 atom stereocenters. The second-order valence-corrected chi connectivity index (χ2v) is 9.00. The molecular weight excluding hydrogens is 394 g/mol.